The van der Waals surface area contributed by atoms with Gasteiger partial charge in [0.1, 0.15) is 5.82 Å². The third kappa shape index (κ3) is 4.68. The maximum atomic E-state index is 5.87. The van der Waals surface area contributed by atoms with Gasteiger partial charge in [0.05, 0.1) is 6.61 Å². The number of benzene rings is 1. The highest BCUT2D eigenvalue weighted by atomic mass is 16.5. The average molecular weight is 301 g/mol. The van der Waals surface area contributed by atoms with Gasteiger partial charge in [-0.25, -0.2) is 4.98 Å². The van der Waals surface area contributed by atoms with Gasteiger partial charge < -0.3 is 21.1 Å². The molecular formula is C16H23N5O. The molecule has 1 aromatic carbocycles. The summed E-state index contributed by atoms with van der Waals surface area (Å²) in [5.41, 5.74) is 9.37. The van der Waals surface area contributed by atoms with E-state index < -0.39 is 0 Å². The van der Waals surface area contributed by atoms with Crippen LogP contribution in [0.15, 0.2) is 30.5 Å². The molecule has 6 heteroatoms. The van der Waals surface area contributed by atoms with Gasteiger partial charge in [0.25, 0.3) is 0 Å². The van der Waals surface area contributed by atoms with E-state index in [1.54, 1.807) is 13.3 Å². The number of methoxy groups -OCH3 is 1. The van der Waals surface area contributed by atoms with Crippen molar-refractivity contribution >= 4 is 17.5 Å². The molecule has 1 heterocycles. The van der Waals surface area contributed by atoms with Crippen LogP contribution in [0, 0.1) is 13.8 Å². The fourth-order valence-corrected chi connectivity index (χ4v) is 1.98. The van der Waals surface area contributed by atoms with E-state index in [-0.39, 0.29) is 6.04 Å². The highest BCUT2D eigenvalue weighted by Gasteiger charge is 2.04. The Balaban J connectivity index is 2.00. The van der Waals surface area contributed by atoms with E-state index in [0.29, 0.717) is 19.1 Å². The Morgan fingerprint density at radius 2 is 2.05 bits per heavy atom. The van der Waals surface area contributed by atoms with E-state index in [1.807, 2.05) is 12.1 Å². The van der Waals surface area contributed by atoms with Crippen molar-refractivity contribution in [1.82, 2.24) is 9.97 Å². The van der Waals surface area contributed by atoms with Crippen molar-refractivity contribution in [1.29, 1.82) is 0 Å². The molecule has 6 nitrogen and oxygen atoms in total. The van der Waals surface area contributed by atoms with E-state index in [2.05, 4.69) is 46.6 Å². The van der Waals surface area contributed by atoms with Gasteiger partial charge in [-0.3, -0.25) is 0 Å². The topological polar surface area (TPSA) is 85.1 Å². The van der Waals surface area contributed by atoms with Crippen LogP contribution in [0.3, 0.4) is 0 Å². The Kier molecular flexibility index (Phi) is 5.68. The average Bonchev–Trinajstić information content (AvgIpc) is 2.50. The second-order valence-corrected chi connectivity index (χ2v) is 5.29. The van der Waals surface area contributed by atoms with Crippen LogP contribution >= 0.6 is 0 Å². The van der Waals surface area contributed by atoms with Crippen LogP contribution in [0.5, 0.6) is 0 Å². The molecule has 0 saturated carbocycles. The lowest BCUT2D eigenvalue weighted by molar-refractivity contribution is 0.183. The van der Waals surface area contributed by atoms with Crippen molar-refractivity contribution in [2.75, 3.05) is 30.9 Å². The number of nitrogens with two attached hydrogens (primary N) is 1. The molecular weight excluding hydrogens is 278 g/mol. The summed E-state index contributed by atoms with van der Waals surface area (Å²) in [6, 6.07) is 7.95. The maximum Gasteiger partial charge on any atom is 0.224 e. The van der Waals surface area contributed by atoms with Crippen molar-refractivity contribution in [3.63, 3.8) is 0 Å². The molecule has 118 valence electrons. The number of ether oxygens (including phenoxy) is 1. The monoisotopic (exact) mass is 301 g/mol. The zero-order valence-corrected chi connectivity index (χ0v) is 13.3. The van der Waals surface area contributed by atoms with Gasteiger partial charge in [0.15, 0.2) is 0 Å². The van der Waals surface area contributed by atoms with Gasteiger partial charge in [-0.2, -0.15) is 4.98 Å². The zero-order valence-electron chi connectivity index (χ0n) is 13.3. The first-order valence-corrected chi connectivity index (χ1v) is 7.24. The second kappa shape index (κ2) is 7.72. The summed E-state index contributed by atoms with van der Waals surface area (Å²) >= 11 is 0. The summed E-state index contributed by atoms with van der Waals surface area (Å²) in [5.74, 6) is 1.28. The molecule has 0 unspecified atom stereocenters. The molecule has 1 aromatic heterocycles. The lowest BCUT2D eigenvalue weighted by Crippen LogP contribution is -2.33. The minimum Gasteiger partial charge on any atom is -0.383 e. The molecule has 0 aliphatic carbocycles. The number of anilines is 3. The second-order valence-electron chi connectivity index (χ2n) is 5.29. The van der Waals surface area contributed by atoms with Gasteiger partial charge in [0, 0.05) is 31.6 Å². The summed E-state index contributed by atoms with van der Waals surface area (Å²) in [4.78, 5) is 8.61. The number of nitrogens with one attached hydrogen (secondary N) is 2. The van der Waals surface area contributed by atoms with Gasteiger partial charge in [-0.15, -0.1) is 0 Å². The summed E-state index contributed by atoms with van der Waals surface area (Å²) < 4.78 is 5.00. The van der Waals surface area contributed by atoms with Gasteiger partial charge in [-0.1, -0.05) is 6.07 Å². The first-order valence-electron chi connectivity index (χ1n) is 7.24. The number of nitrogens with zero attached hydrogens (tertiary/aromatic N) is 2. The van der Waals surface area contributed by atoms with Crippen molar-refractivity contribution in [3.8, 4) is 0 Å². The summed E-state index contributed by atoms with van der Waals surface area (Å²) in [6.07, 6.45) is 1.71. The highest BCUT2D eigenvalue weighted by molar-refractivity contribution is 5.58. The zero-order chi connectivity index (χ0) is 15.9. The minimum atomic E-state index is -0.0926. The van der Waals surface area contributed by atoms with Crippen LogP contribution < -0.4 is 16.4 Å². The van der Waals surface area contributed by atoms with E-state index in [4.69, 9.17) is 10.5 Å². The van der Waals surface area contributed by atoms with Crippen LogP contribution in [0.4, 0.5) is 17.5 Å². The lowest BCUT2D eigenvalue weighted by atomic mass is 10.1. The van der Waals surface area contributed by atoms with Gasteiger partial charge >= 0.3 is 0 Å². The molecule has 0 fully saturated rings. The van der Waals surface area contributed by atoms with Gasteiger partial charge in [0.2, 0.25) is 5.95 Å². The number of aromatic nitrogens is 2. The quantitative estimate of drug-likeness (QED) is 0.727. The molecule has 2 aromatic rings. The third-order valence-corrected chi connectivity index (χ3v) is 3.34. The Hall–Kier alpha value is -2.18. The summed E-state index contributed by atoms with van der Waals surface area (Å²) in [5, 5.41) is 6.39. The van der Waals surface area contributed by atoms with Crippen molar-refractivity contribution < 1.29 is 4.74 Å². The first kappa shape index (κ1) is 16.2. The molecule has 0 aliphatic rings. The van der Waals surface area contributed by atoms with E-state index in [1.165, 1.54) is 11.1 Å². The van der Waals surface area contributed by atoms with Crippen molar-refractivity contribution in [2.45, 2.75) is 19.9 Å². The predicted molar refractivity (Wildman–Crippen MR) is 89.6 cm³/mol. The van der Waals surface area contributed by atoms with Crippen LogP contribution in [-0.4, -0.2) is 36.3 Å². The molecule has 0 amide bonds. The summed E-state index contributed by atoms with van der Waals surface area (Å²) in [6.45, 7) is 5.23. The molecule has 0 spiro atoms. The van der Waals surface area contributed by atoms with Crippen molar-refractivity contribution in [3.05, 3.63) is 41.6 Å². The van der Waals surface area contributed by atoms with Crippen LogP contribution in [0.1, 0.15) is 11.1 Å². The third-order valence-electron chi connectivity index (χ3n) is 3.34. The molecule has 22 heavy (non-hydrogen) atoms. The molecule has 1 atom stereocenters. The fourth-order valence-electron chi connectivity index (χ4n) is 1.98. The Bertz CT molecular complexity index is 617. The molecule has 0 radical (unpaired) electrons. The largest absolute Gasteiger partial charge is 0.383 e. The van der Waals surface area contributed by atoms with Crippen LogP contribution in [0.2, 0.25) is 0 Å². The molecule has 0 saturated heterocycles. The molecule has 0 aliphatic heterocycles. The lowest BCUT2D eigenvalue weighted by Gasteiger charge is -2.12. The van der Waals surface area contributed by atoms with E-state index in [9.17, 15) is 0 Å². The number of rotatable bonds is 7. The molecule has 0 bridgehead atoms. The smallest absolute Gasteiger partial charge is 0.224 e. The Labute approximate surface area is 131 Å². The standard InChI is InChI=1S/C16H23N5O/c1-11-4-5-14(8-12(11)2)20-15-6-7-18-16(21-15)19-9-13(17)10-22-3/h4-8,13H,9-10,17H2,1-3H3,(H2,18,19,20,21)/t13-/m1/s1. The minimum absolute atomic E-state index is 0.0926. The molecule has 2 rings (SSSR count). The van der Waals surface area contributed by atoms with Gasteiger partial charge in [-0.05, 0) is 43.2 Å². The predicted octanol–water partition coefficient (Wildman–Crippen LogP) is 2.22. The van der Waals surface area contributed by atoms with Crippen LogP contribution in [0.25, 0.3) is 0 Å². The maximum absolute atomic E-state index is 5.87. The number of hydrogen-bond acceptors (Lipinski definition) is 6. The van der Waals surface area contributed by atoms with Crippen molar-refractivity contribution in [2.24, 2.45) is 5.73 Å². The summed E-state index contributed by atoms with van der Waals surface area (Å²) in [7, 11) is 1.63. The SMILES string of the molecule is COC[C@H](N)CNc1nccc(Nc2ccc(C)c(C)c2)n1. The number of aryl methyl sites for hydroxylation is 2. The Morgan fingerprint density at radius 1 is 1.23 bits per heavy atom. The highest BCUT2D eigenvalue weighted by Crippen LogP contribution is 2.18. The molecule has 4 N–H and O–H groups in total. The fraction of sp³-hybridized carbons (Fsp3) is 0.375. The van der Waals surface area contributed by atoms with Crippen LogP contribution in [-0.2, 0) is 4.74 Å². The number of hydrogen-bond donors (Lipinski definition) is 3. The first-order chi connectivity index (χ1) is 10.6. The van der Waals surface area contributed by atoms with E-state index in [0.717, 1.165) is 11.5 Å². The Morgan fingerprint density at radius 3 is 2.77 bits per heavy atom. The van der Waals surface area contributed by atoms with E-state index >= 15 is 0 Å². The normalized spacial score (nSPS) is 12.0.